The van der Waals surface area contributed by atoms with Crippen molar-refractivity contribution in [2.45, 2.75) is 37.6 Å². The Labute approximate surface area is 78.3 Å². The molecule has 13 heavy (non-hydrogen) atoms. The first-order valence-electron chi connectivity index (χ1n) is 4.94. The monoisotopic (exact) mass is 184 g/mol. The van der Waals surface area contributed by atoms with E-state index < -0.39 is 11.9 Å². The van der Waals surface area contributed by atoms with E-state index in [4.69, 9.17) is 9.47 Å². The normalized spacial score (nSPS) is 36.4. The van der Waals surface area contributed by atoms with Gasteiger partial charge in [0.25, 0.3) is 0 Å². The zero-order valence-corrected chi connectivity index (χ0v) is 7.74. The quantitative estimate of drug-likeness (QED) is 0.623. The summed E-state index contributed by atoms with van der Waals surface area (Å²) < 4.78 is 10.8. The van der Waals surface area contributed by atoms with Crippen molar-refractivity contribution in [1.29, 1.82) is 0 Å². The van der Waals surface area contributed by atoms with Gasteiger partial charge in [-0.05, 0) is 25.7 Å². The molecule has 0 spiro atoms. The lowest BCUT2D eigenvalue weighted by Crippen LogP contribution is -2.47. The van der Waals surface area contributed by atoms with E-state index >= 15 is 0 Å². The molecule has 1 N–H and O–H groups in total. The fourth-order valence-electron chi connectivity index (χ4n) is 1.85. The number of hydrogen-bond donors (Lipinski definition) is 1. The second-order valence-electron chi connectivity index (χ2n) is 3.71. The molecule has 74 valence electrons. The van der Waals surface area contributed by atoms with Gasteiger partial charge in [0.15, 0.2) is 6.29 Å². The first-order chi connectivity index (χ1) is 6.31. The first kappa shape index (κ1) is 9.19. The lowest BCUT2D eigenvalue weighted by molar-refractivity contribution is -0.249. The Kier molecular flexibility index (Phi) is 2.67. The molecule has 0 aromatic rings. The zero-order valence-electron chi connectivity index (χ0n) is 7.74. The van der Waals surface area contributed by atoms with Crippen LogP contribution >= 0.6 is 0 Å². The molecule has 1 saturated heterocycles. The highest BCUT2D eigenvalue weighted by Crippen LogP contribution is 2.29. The van der Waals surface area contributed by atoms with E-state index in [1.807, 2.05) is 12.2 Å². The average Bonchev–Trinajstić information content (AvgIpc) is 2.20. The van der Waals surface area contributed by atoms with Crippen molar-refractivity contribution in [1.82, 2.24) is 0 Å². The average molecular weight is 184 g/mol. The summed E-state index contributed by atoms with van der Waals surface area (Å²) >= 11 is 0. The van der Waals surface area contributed by atoms with E-state index in [1.165, 1.54) is 0 Å². The molecular formula is C10H16O3. The Morgan fingerprint density at radius 1 is 1.23 bits per heavy atom. The smallest absolute Gasteiger partial charge is 0.189 e. The Morgan fingerprint density at radius 2 is 2.00 bits per heavy atom. The van der Waals surface area contributed by atoms with Crippen LogP contribution in [0.1, 0.15) is 25.7 Å². The van der Waals surface area contributed by atoms with Crippen LogP contribution in [0, 0.1) is 0 Å². The minimum absolute atomic E-state index is 0.446. The van der Waals surface area contributed by atoms with Gasteiger partial charge < -0.3 is 14.6 Å². The Bertz CT molecular complexity index is 196. The second-order valence-corrected chi connectivity index (χ2v) is 3.71. The Balaban J connectivity index is 2.03. The third-order valence-electron chi connectivity index (χ3n) is 2.59. The van der Waals surface area contributed by atoms with Gasteiger partial charge in [-0.2, -0.15) is 0 Å². The largest absolute Gasteiger partial charge is 0.380 e. The molecule has 1 atom stereocenters. The Morgan fingerprint density at radius 3 is 2.62 bits per heavy atom. The number of rotatable bonds is 1. The SMILES string of the molecule is OC1(C2OCCCO2)C=CCCC1. The second kappa shape index (κ2) is 3.78. The third-order valence-corrected chi connectivity index (χ3v) is 2.59. The van der Waals surface area contributed by atoms with Crippen molar-refractivity contribution < 1.29 is 14.6 Å². The zero-order chi connectivity index (χ0) is 9.15. The van der Waals surface area contributed by atoms with Crippen molar-refractivity contribution in [3.05, 3.63) is 12.2 Å². The number of ether oxygens (including phenoxy) is 2. The molecule has 1 aliphatic carbocycles. The molecule has 0 aromatic carbocycles. The van der Waals surface area contributed by atoms with Crippen molar-refractivity contribution in [2.75, 3.05) is 13.2 Å². The van der Waals surface area contributed by atoms with Crippen LogP contribution in [0.25, 0.3) is 0 Å². The van der Waals surface area contributed by atoms with Crippen molar-refractivity contribution in [3.63, 3.8) is 0 Å². The summed E-state index contributed by atoms with van der Waals surface area (Å²) in [6.07, 6.45) is 7.12. The highest BCUT2D eigenvalue weighted by Gasteiger charge is 2.38. The maximum atomic E-state index is 10.2. The first-order valence-corrected chi connectivity index (χ1v) is 4.94. The molecule has 3 nitrogen and oxygen atoms in total. The standard InChI is InChI=1S/C10H16O3/c11-10(5-2-1-3-6-10)9-12-7-4-8-13-9/h2,5,9,11H,1,3-4,6-8H2. The number of aliphatic hydroxyl groups is 1. The topological polar surface area (TPSA) is 38.7 Å². The predicted octanol–water partition coefficient (Wildman–Crippen LogP) is 1.22. The molecule has 1 unspecified atom stereocenters. The van der Waals surface area contributed by atoms with Crippen LogP contribution in [-0.4, -0.2) is 30.2 Å². The van der Waals surface area contributed by atoms with E-state index in [1.54, 1.807) is 0 Å². The summed E-state index contributed by atoms with van der Waals surface area (Å²) in [4.78, 5) is 0. The molecule has 0 aromatic heterocycles. The lowest BCUT2D eigenvalue weighted by Gasteiger charge is -2.37. The number of hydrogen-bond acceptors (Lipinski definition) is 3. The fourth-order valence-corrected chi connectivity index (χ4v) is 1.85. The van der Waals surface area contributed by atoms with Gasteiger partial charge in [0.2, 0.25) is 0 Å². The number of allylic oxidation sites excluding steroid dienone is 1. The van der Waals surface area contributed by atoms with Crippen LogP contribution in [0.4, 0.5) is 0 Å². The van der Waals surface area contributed by atoms with Gasteiger partial charge in [0.1, 0.15) is 5.60 Å². The summed E-state index contributed by atoms with van der Waals surface area (Å²) in [7, 11) is 0. The molecule has 1 aliphatic heterocycles. The molecule has 0 bridgehead atoms. The highest BCUT2D eigenvalue weighted by molar-refractivity contribution is 5.07. The predicted molar refractivity (Wildman–Crippen MR) is 48.2 cm³/mol. The van der Waals surface area contributed by atoms with E-state index in [2.05, 4.69) is 0 Å². The molecule has 0 saturated carbocycles. The molecule has 0 amide bonds. The molecule has 2 aliphatic rings. The van der Waals surface area contributed by atoms with Crippen LogP contribution in [0.3, 0.4) is 0 Å². The summed E-state index contributed by atoms with van der Waals surface area (Å²) in [5, 5.41) is 10.2. The van der Waals surface area contributed by atoms with E-state index in [-0.39, 0.29) is 0 Å². The van der Waals surface area contributed by atoms with Gasteiger partial charge in [0, 0.05) is 0 Å². The molecule has 1 fully saturated rings. The van der Waals surface area contributed by atoms with Crippen LogP contribution in [0.2, 0.25) is 0 Å². The van der Waals surface area contributed by atoms with Crippen LogP contribution in [0.5, 0.6) is 0 Å². The molecular weight excluding hydrogens is 168 g/mol. The van der Waals surface area contributed by atoms with E-state index in [0.29, 0.717) is 13.2 Å². The highest BCUT2D eigenvalue weighted by atomic mass is 16.7. The minimum Gasteiger partial charge on any atom is -0.380 e. The third kappa shape index (κ3) is 1.93. The molecule has 0 radical (unpaired) electrons. The van der Waals surface area contributed by atoms with Crippen molar-refractivity contribution in [3.8, 4) is 0 Å². The van der Waals surface area contributed by atoms with Gasteiger partial charge in [-0.25, -0.2) is 0 Å². The van der Waals surface area contributed by atoms with Gasteiger partial charge in [-0.1, -0.05) is 12.2 Å². The van der Waals surface area contributed by atoms with Crippen LogP contribution < -0.4 is 0 Å². The summed E-state index contributed by atoms with van der Waals surface area (Å²) in [5.74, 6) is 0. The minimum atomic E-state index is -0.876. The van der Waals surface area contributed by atoms with Gasteiger partial charge in [-0.15, -0.1) is 0 Å². The summed E-state index contributed by atoms with van der Waals surface area (Å²) in [6.45, 7) is 1.39. The lowest BCUT2D eigenvalue weighted by atomic mass is 9.90. The van der Waals surface area contributed by atoms with Crippen LogP contribution in [0.15, 0.2) is 12.2 Å². The van der Waals surface area contributed by atoms with Gasteiger partial charge in [-0.3, -0.25) is 0 Å². The van der Waals surface area contributed by atoms with Crippen molar-refractivity contribution >= 4 is 0 Å². The maximum absolute atomic E-state index is 10.2. The van der Waals surface area contributed by atoms with Gasteiger partial charge >= 0.3 is 0 Å². The van der Waals surface area contributed by atoms with Crippen molar-refractivity contribution in [2.24, 2.45) is 0 Å². The fraction of sp³-hybridized carbons (Fsp3) is 0.800. The molecule has 2 rings (SSSR count). The summed E-state index contributed by atoms with van der Waals surface area (Å²) in [6, 6.07) is 0. The van der Waals surface area contributed by atoms with Gasteiger partial charge in [0.05, 0.1) is 13.2 Å². The van der Waals surface area contributed by atoms with Crippen LogP contribution in [-0.2, 0) is 9.47 Å². The van der Waals surface area contributed by atoms with E-state index in [9.17, 15) is 5.11 Å². The summed E-state index contributed by atoms with van der Waals surface area (Å²) in [5.41, 5.74) is -0.876. The molecule has 1 heterocycles. The molecule has 3 heteroatoms. The maximum Gasteiger partial charge on any atom is 0.189 e. The van der Waals surface area contributed by atoms with E-state index in [0.717, 1.165) is 25.7 Å². The Hall–Kier alpha value is -0.380.